The number of ether oxygens (including phenoxy) is 2. The molecule has 2 rings (SSSR count). The second-order valence-electron chi connectivity index (χ2n) is 9.85. The molecule has 31 heavy (non-hydrogen) atoms. The van der Waals surface area contributed by atoms with Crippen LogP contribution in [-0.4, -0.2) is 44.9 Å². The molecule has 2 aromatic rings. The van der Waals surface area contributed by atoms with Crippen LogP contribution < -0.4 is 17.1 Å². The van der Waals surface area contributed by atoms with Gasteiger partial charge in [-0.3, -0.25) is 0 Å². The zero-order valence-electron chi connectivity index (χ0n) is 20.4. The lowest BCUT2D eigenvalue weighted by Crippen LogP contribution is -3.00. The molecule has 3 nitrogen and oxygen atoms in total. The van der Waals surface area contributed by atoms with E-state index in [1.165, 1.54) is 16.7 Å². The van der Waals surface area contributed by atoms with Gasteiger partial charge in [-0.1, -0.05) is 70.2 Å². The Labute approximate surface area is 196 Å². The molecular weight excluding hydrogens is 406 g/mol. The van der Waals surface area contributed by atoms with E-state index in [-0.39, 0.29) is 12.4 Å². The lowest BCUT2D eigenvalue weighted by atomic mass is 9.92. The number of benzene rings is 2. The Hall–Kier alpha value is -1.55. The molecule has 0 aliphatic rings. The molecule has 0 atom stereocenters. The Kier molecular flexibility index (Phi) is 12.2. The smallest absolute Gasteiger partial charge is 0.122 e. The van der Waals surface area contributed by atoms with Gasteiger partial charge < -0.3 is 26.4 Å². The summed E-state index contributed by atoms with van der Waals surface area (Å²) in [6.07, 6.45) is 2.16. The van der Waals surface area contributed by atoms with Gasteiger partial charge in [-0.25, -0.2) is 0 Å². The van der Waals surface area contributed by atoms with Crippen molar-refractivity contribution in [1.82, 2.24) is 0 Å². The Morgan fingerprint density at radius 2 is 1.45 bits per heavy atom. The highest BCUT2D eigenvalue weighted by molar-refractivity contribution is 5.41. The van der Waals surface area contributed by atoms with Crippen molar-refractivity contribution in [2.75, 3.05) is 40.5 Å². The van der Waals surface area contributed by atoms with Crippen LogP contribution in [-0.2, 0) is 24.1 Å². The summed E-state index contributed by atoms with van der Waals surface area (Å²) < 4.78 is 13.0. The van der Waals surface area contributed by atoms with Gasteiger partial charge in [0.25, 0.3) is 0 Å². The molecule has 2 aromatic carbocycles. The average Bonchev–Trinajstić information content (AvgIpc) is 2.66. The minimum atomic E-state index is 0. The molecule has 0 aromatic heterocycles. The predicted octanol–water partition coefficient (Wildman–Crippen LogP) is 2.76. The van der Waals surface area contributed by atoms with Gasteiger partial charge in [-0.2, -0.15) is 0 Å². The minimum absolute atomic E-state index is 0. The molecule has 0 saturated heterocycles. The van der Waals surface area contributed by atoms with E-state index in [9.17, 15) is 0 Å². The minimum Gasteiger partial charge on any atom is -1.00 e. The zero-order valence-corrected chi connectivity index (χ0v) is 21.1. The number of hydrogen-bond acceptors (Lipinski definition) is 2. The van der Waals surface area contributed by atoms with Gasteiger partial charge in [0, 0.05) is 5.56 Å². The van der Waals surface area contributed by atoms with Crippen molar-refractivity contribution in [3.8, 4) is 5.75 Å². The van der Waals surface area contributed by atoms with Gasteiger partial charge in [0.15, 0.2) is 0 Å². The summed E-state index contributed by atoms with van der Waals surface area (Å²) in [5, 5.41) is 0. The Bertz CT molecular complexity index is 744. The van der Waals surface area contributed by atoms with Crippen LogP contribution in [0, 0.1) is 11.8 Å². The van der Waals surface area contributed by atoms with Gasteiger partial charge >= 0.3 is 0 Å². The fourth-order valence-electron chi connectivity index (χ4n) is 3.80. The molecule has 0 aliphatic carbocycles. The van der Waals surface area contributed by atoms with Crippen LogP contribution in [0.3, 0.4) is 0 Å². The maximum absolute atomic E-state index is 6.16. The largest absolute Gasteiger partial charge is 1.00 e. The van der Waals surface area contributed by atoms with Gasteiger partial charge in [0.2, 0.25) is 0 Å². The first-order valence-corrected chi connectivity index (χ1v) is 11.4. The van der Waals surface area contributed by atoms with E-state index in [2.05, 4.69) is 90.3 Å². The monoisotopic (exact) mass is 447 g/mol. The number of halogens is 1. The van der Waals surface area contributed by atoms with Crippen LogP contribution in [0.5, 0.6) is 5.75 Å². The molecule has 4 heteroatoms. The Morgan fingerprint density at radius 3 is 2.10 bits per heavy atom. The highest BCUT2D eigenvalue weighted by atomic mass is 35.5. The summed E-state index contributed by atoms with van der Waals surface area (Å²) in [4.78, 5) is 0. The first kappa shape index (κ1) is 27.5. The highest BCUT2D eigenvalue weighted by Gasteiger charge is 2.16. The van der Waals surface area contributed by atoms with Crippen LogP contribution in [0.15, 0.2) is 48.5 Å². The molecule has 0 bridgehead atoms. The lowest BCUT2D eigenvalue weighted by molar-refractivity contribution is -0.904. The van der Waals surface area contributed by atoms with Crippen LogP contribution in [0.2, 0.25) is 0 Å². The number of rotatable bonds is 13. The van der Waals surface area contributed by atoms with Crippen molar-refractivity contribution >= 4 is 0 Å². The Balaban J connectivity index is 0.00000480. The van der Waals surface area contributed by atoms with Crippen molar-refractivity contribution in [3.63, 3.8) is 0 Å². The summed E-state index contributed by atoms with van der Waals surface area (Å²) in [5.41, 5.74) is 4.17. The van der Waals surface area contributed by atoms with Crippen LogP contribution in [0.4, 0.5) is 0 Å². The van der Waals surface area contributed by atoms with Gasteiger partial charge in [0.05, 0.1) is 27.3 Å². The molecular formula is C27H42ClNO2. The Morgan fingerprint density at radius 1 is 0.774 bits per heavy atom. The molecule has 0 saturated carbocycles. The van der Waals surface area contributed by atoms with Gasteiger partial charge in [0.1, 0.15) is 25.4 Å². The van der Waals surface area contributed by atoms with Crippen molar-refractivity contribution in [2.24, 2.45) is 11.8 Å². The van der Waals surface area contributed by atoms with Crippen LogP contribution in [0.25, 0.3) is 0 Å². The van der Waals surface area contributed by atoms with E-state index in [0.29, 0.717) is 25.0 Å². The van der Waals surface area contributed by atoms with Crippen LogP contribution >= 0.6 is 0 Å². The van der Waals surface area contributed by atoms with Crippen molar-refractivity contribution < 1.29 is 26.4 Å². The van der Waals surface area contributed by atoms with E-state index in [0.717, 1.165) is 42.8 Å². The SMILES string of the molecule is CC(C)Cc1cccc(OCCOCC[N+](C)(C)Cc2ccccc2)c1CC(C)C.[Cl-]. The third kappa shape index (κ3) is 10.5. The third-order valence-electron chi connectivity index (χ3n) is 5.25. The predicted molar refractivity (Wildman–Crippen MR) is 127 cm³/mol. The third-order valence-corrected chi connectivity index (χ3v) is 5.25. The molecule has 0 aliphatic heterocycles. The number of likely N-dealkylation sites (N-methyl/N-ethyl adjacent to an activating group) is 1. The molecule has 174 valence electrons. The van der Waals surface area contributed by atoms with E-state index in [1.807, 2.05) is 0 Å². The zero-order chi connectivity index (χ0) is 22.0. The quantitative estimate of drug-likeness (QED) is 0.347. The maximum atomic E-state index is 6.16. The number of nitrogens with zero attached hydrogens (tertiary/aromatic N) is 1. The highest BCUT2D eigenvalue weighted by Crippen LogP contribution is 2.27. The summed E-state index contributed by atoms with van der Waals surface area (Å²) in [7, 11) is 4.51. The normalized spacial score (nSPS) is 11.6. The van der Waals surface area contributed by atoms with Crippen molar-refractivity contribution in [3.05, 3.63) is 65.2 Å². The first-order chi connectivity index (χ1) is 14.3. The summed E-state index contributed by atoms with van der Waals surface area (Å²) in [5.74, 6) is 2.29. The molecule has 0 N–H and O–H groups in total. The van der Waals surface area contributed by atoms with E-state index >= 15 is 0 Å². The standard InChI is InChI=1S/C27H42NO2.ClH/c1-22(2)19-25-13-10-14-27(26(25)20-23(3)4)30-18-17-29-16-15-28(5,6)21-24-11-8-7-9-12-24;/h7-14,22-23H,15-21H2,1-6H3;1H/q+1;/p-1. The van der Waals surface area contributed by atoms with Crippen molar-refractivity contribution in [1.29, 1.82) is 0 Å². The second-order valence-corrected chi connectivity index (χ2v) is 9.85. The molecule has 0 spiro atoms. The van der Waals surface area contributed by atoms with Crippen LogP contribution in [0.1, 0.15) is 44.4 Å². The maximum Gasteiger partial charge on any atom is 0.122 e. The van der Waals surface area contributed by atoms with E-state index in [4.69, 9.17) is 9.47 Å². The number of hydrogen-bond donors (Lipinski definition) is 0. The van der Waals surface area contributed by atoms with E-state index in [1.54, 1.807) is 0 Å². The number of quaternary nitrogens is 1. The van der Waals surface area contributed by atoms with Gasteiger partial charge in [-0.05, 0) is 41.9 Å². The second kappa shape index (κ2) is 13.8. The molecule has 0 amide bonds. The molecule has 0 fully saturated rings. The fraction of sp³-hybridized carbons (Fsp3) is 0.556. The van der Waals surface area contributed by atoms with Crippen molar-refractivity contribution in [2.45, 2.75) is 47.1 Å². The topological polar surface area (TPSA) is 18.5 Å². The average molecular weight is 448 g/mol. The fourth-order valence-corrected chi connectivity index (χ4v) is 3.80. The molecule has 0 heterocycles. The van der Waals surface area contributed by atoms with Gasteiger partial charge in [-0.15, -0.1) is 0 Å². The first-order valence-electron chi connectivity index (χ1n) is 11.4. The molecule has 0 unspecified atom stereocenters. The lowest BCUT2D eigenvalue weighted by Gasteiger charge is -2.29. The molecule has 0 radical (unpaired) electrons. The summed E-state index contributed by atoms with van der Waals surface area (Å²) in [6, 6.07) is 17.2. The summed E-state index contributed by atoms with van der Waals surface area (Å²) in [6.45, 7) is 13.1. The van der Waals surface area contributed by atoms with E-state index < -0.39 is 0 Å². The summed E-state index contributed by atoms with van der Waals surface area (Å²) >= 11 is 0.